The van der Waals surface area contributed by atoms with E-state index in [9.17, 15) is 13.2 Å². The van der Waals surface area contributed by atoms with Crippen molar-refractivity contribution in [3.63, 3.8) is 0 Å². The van der Waals surface area contributed by atoms with Gasteiger partial charge >= 0.3 is 0 Å². The molecule has 106 valence electrons. The summed E-state index contributed by atoms with van der Waals surface area (Å²) in [4.78, 5) is 11.5. The van der Waals surface area contributed by atoms with Crippen LogP contribution in [0.4, 0.5) is 0 Å². The summed E-state index contributed by atoms with van der Waals surface area (Å²) >= 11 is 0. The van der Waals surface area contributed by atoms with Gasteiger partial charge in [0.15, 0.2) is 0 Å². The Kier molecular flexibility index (Phi) is 5.28. The number of nitrogens with two attached hydrogens (primary N) is 1. The zero-order valence-electron chi connectivity index (χ0n) is 10.7. The van der Waals surface area contributed by atoms with Crippen LogP contribution < -0.4 is 15.2 Å². The first kappa shape index (κ1) is 15.4. The first-order valence-electron chi connectivity index (χ1n) is 5.38. The standard InChI is InChI=1S/C11H16N2O5S/c1-17-6-5-13-11(14)8-3-4-9(18-2)10(7-8)19(12,15)16/h3-4,7H,5-6H2,1-2H3,(H,13,14)(H2,12,15,16). The summed E-state index contributed by atoms with van der Waals surface area (Å²) < 4.78 is 32.5. The fourth-order valence-electron chi connectivity index (χ4n) is 1.41. The summed E-state index contributed by atoms with van der Waals surface area (Å²) in [6, 6.07) is 4.01. The van der Waals surface area contributed by atoms with E-state index in [1.54, 1.807) is 0 Å². The molecule has 0 heterocycles. The molecule has 0 saturated heterocycles. The van der Waals surface area contributed by atoms with Crippen LogP contribution in [0.25, 0.3) is 0 Å². The fourth-order valence-corrected chi connectivity index (χ4v) is 2.13. The number of carbonyl (C=O) groups excluding carboxylic acids is 1. The average Bonchev–Trinajstić information content (AvgIpc) is 2.37. The summed E-state index contributed by atoms with van der Waals surface area (Å²) in [6.45, 7) is 0.690. The molecule has 0 bridgehead atoms. The highest BCUT2D eigenvalue weighted by molar-refractivity contribution is 7.89. The van der Waals surface area contributed by atoms with Crippen molar-refractivity contribution in [3.8, 4) is 5.75 Å². The van der Waals surface area contributed by atoms with Crippen molar-refractivity contribution in [3.05, 3.63) is 23.8 Å². The number of sulfonamides is 1. The van der Waals surface area contributed by atoms with Gasteiger partial charge in [-0.3, -0.25) is 4.79 Å². The lowest BCUT2D eigenvalue weighted by atomic mass is 10.2. The Labute approximate surface area is 111 Å². The van der Waals surface area contributed by atoms with Crippen molar-refractivity contribution < 1.29 is 22.7 Å². The molecule has 0 radical (unpaired) electrons. The van der Waals surface area contributed by atoms with E-state index in [0.29, 0.717) is 13.2 Å². The SMILES string of the molecule is COCCNC(=O)c1ccc(OC)c(S(N)(=O)=O)c1. The highest BCUT2D eigenvalue weighted by Gasteiger charge is 2.17. The minimum absolute atomic E-state index is 0.0935. The van der Waals surface area contributed by atoms with Gasteiger partial charge in [-0.1, -0.05) is 0 Å². The maximum Gasteiger partial charge on any atom is 0.251 e. The Balaban J connectivity index is 3.02. The Morgan fingerprint density at radius 2 is 2.05 bits per heavy atom. The number of nitrogens with one attached hydrogen (secondary N) is 1. The number of benzene rings is 1. The predicted molar refractivity (Wildman–Crippen MR) is 68.6 cm³/mol. The molecule has 0 atom stereocenters. The third kappa shape index (κ3) is 4.19. The van der Waals surface area contributed by atoms with Gasteiger partial charge in [0.25, 0.3) is 5.91 Å². The van der Waals surface area contributed by atoms with Crippen molar-refractivity contribution in [2.75, 3.05) is 27.4 Å². The molecule has 0 aliphatic carbocycles. The number of primary sulfonamides is 1. The van der Waals surface area contributed by atoms with Gasteiger partial charge in [0, 0.05) is 19.2 Å². The third-order valence-electron chi connectivity index (χ3n) is 2.32. The summed E-state index contributed by atoms with van der Waals surface area (Å²) in [7, 11) is -1.12. The molecular weight excluding hydrogens is 272 g/mol. The van der Waals surface area contributed by atoms with Crippen LogP contribution in [0.5, 0.6) is 5.75 Å². The summed E-state index contributed by atoms with van der Waals surface area (Å²) in [5.41, 5.74) is 0.181. The second-order valence-corrected chi connectivity index (χ2v) is 5.19. The minimum atomic E-state index is -3.96. The van der Waals surface area contributed by atoms with E-state index >= 15 is 0 Å². The summed E-state index contributed by atoms with van der Waals surface area (Å²) in [5.74, 6) is -0.319. The monoisotopic (exact) mass is 288 g/mol. The van der Waals surface area contributed by atoms with Gasteiger partial charge < -0.3 is 14.8 Å². The smallest absolute Gasteiger partial charge is 0.251 e. The number of hydrogen-bond acceptors (Lipinski definition) is 5. The van der Waals surface area contributed by atoms with E-state index in [1.165, 1.54) is 32.4 Å². The highest BCUT2D eigenvalue weighted by atomic mass is 32.2. The van der Waals surface area contributed by atoms with Crippen LogP contribution in [0.15, 0.2) is 23.1 Å². The number of carbonyl (C=O) groups is 1. The Morgan fingerprint density at radius 3 is 2.58 bits per heavy atom. The van der Waals surface area contributed by atoms with Gasteiger partial charge in [-0.25, -0.2) is 13.6 Å². The van der Waals surface area contributed by atoms with Crippen molar-refractivity contribution >= 4 is 15.9 Å². The molecule has 1 aromatic carbocycles. The Hall–Kier alpha value is -1.64. The number of ether oxygens (including phenoxy) is 2. The second kappa shape index (κ2) is 6.50. The second-order valence-electron chi connectivity index (χ2n) is 3.66. The first-order chi connectivity index (χ1) is 8.90. The van der Waals surface area contributed by atoms with Crippen LogP contribution in [0, 0.1) is 0 Å². The van der Waals surface area contributed by atoms with Gasteiger partial charge in [0.2, 0.25) is 10.0 Å². The van der Waals surface area contributed by atoms with Crippen LogP contribution in [0.2, 0.25) is 0 Å². The van der Waals surface area contributed by atoms with Crippen molar-refractivity contribution in [1.29, 1.82) is 0 Å². The highest BCUT2D eigenvalue weighted by Crippen LogP contribution is 2.23. The van der Waals surface area contributed by atoms with Crippen LogP contribution in [0.1, 0.15) is 10.4 Å². The van der Waals surface area contributed by atoms with Gasteiger partial charge in [-0.05, 0) is 18.2 Å². The topological polar surface area (TPSA) is 108 Å². The van der Waals surface area contributed by atoms with Crippen molar-refractivity contribution in [1.82, 2.24) is 5.32 Å². The van der Waals surface area contributed by atoms with E-state index in [0.717, 1.165) is 0 Å². The maximum absolute atomic E-state index is 11.8. The molecule has 0 unspecified atom stereocenters. The molecular formula is C11H16N2O5S. The Bertz CT molecular complexity index is 556. The number of methoxy groups -OCH3 is 2. The average molecular weight is 288 g/mol. The molecule has 3 N–H and O–H groups in total. The summed E-state index contributed by atoms with van der Waals surface area (Å²) in [5, 5.41) is 7.64. The molecule has 1 aromatic rings. The molecule has 1 amide bonds. The molecule has 7 nitrogen and oxygen atoms in total. The van der Waals surface area contributed by atoms with Crippen LogP contribution in [0.3, 0.4) is 0 Å². The molecule has 0 fully saturated rings. The number of amides is 1. The van der Waals surface area contributed by atoms with Gasteiger partial charge in [0.05, 0.1) is 13.7 Å². The molecule has 0 aliphatic heterocycles. The quantitative estimate of drug-likeness (QED) is 0.700. The molecule has 0 saturated carbocycles. The van der Waals surface area contributed by atoms with Gasteiger partial charge in [-0.2, -0.15) is 0 Å². The molecule has 19 heavy (non-hydrogen) atoms. The van der Waals surface area contributed by atoms with E-state index in [4.69, 9.17) is 14.6 Å². The lowest BCUT2D eigenvalue weighted by Crippen LogP contribution is -2.27. The van der Waals surface area contributed by atoms with E-state index in [1.807, 2.05) is 0 Å². The zero-order valence-corrected chi connectivity index (χ0v) is 11.5. The third-order valence-corrected chi connectivity index (χ3v) is 3.26. The van der Waals surface area contributed by atoms with Crippen LogP contribution >= 0.6 is 0 Å². The van der Waals surface area contributed by atoms with Gasteiger partial charge in [0.1, 0.15) is 10.6 Å². The largest absolute Gasteiger partial charge is 0.495 e. The van der Waals surface area contributed by atoms with Crippen LogP contribution in [-0.4, -0.2) is 41.7 Å². The number of rotatable bonds is 6. The molecule has 0 aliphatic rings. The fraction of sp³-hybridized carbons (Fsp3) is 0.364. The maximum atomic E-state index is 11.8. The van der Waals surface area contributed by atoms with Crippen molar-refractivity contribution in [2.45, 2.75) is 4.90 Å². The van der Waals surface area contributed by atoms with Crippen LogP contribution in [-0.2, 0) is 14.8 Å². The Morgan fingerprint density at radius 1 is 1.37 bits per heavy atom. The molecule has 8 heteroatoms. The lowest BCUT2D eigenvalue weighted by Gasteiger charge is -2.09. The molecule has 1 rings (SSSR count). The summed E-state index contributed by atoms with van der Waals surface area (Å²) in [6.07, 6.45) is 0. The van der Waals surface area contributed by atoms with E-state index in [-0.39, 0.29) is 16.2 Å². The predicted octanol–water partition coefficient (Wildman–Crippen LogP) is -0.281. The zero-order chi connectivity index (χ0) is 14.5. The minimum Gasteiger partial charge on any atom is -0.495 e. The first-order valence-corrected chi connectivity index (χ1v) is 6.92. The lowest BCUT2D eigenvalue weighted by molar-refractivity contribution is 0.0937. The number of hydrogen-bond donors (Lipinski definition) is 2. The van der Waals surface area contributed by atoms with Crippen molar-refractivity contribution in [2.24, 2.45) is 5.14 Å². The molecule has 0 spiro atoms. The normalized spacial score (nSPS) is 11.1. The van der Waals surface area contributed by atoms with E-state index in [2.05, 4.69) is 5.32 Å². The van der Waals surface area contributed by atoms with E-state index < -0.39 is 15.9 Å². The molecule has 0 aromatic heterocycles. The van der Waals surface area contributed by atoms with Gasteiger partial charge in [-0.15, -0.1) is 0 Å².